The van der Waals surface area contributed by atoms with Gasteiger partial charge in [0, 0.05) is 31.1 Å². The molecule has 2 heterocycles. The van der Waals surface area contributed by atoms with Crippen molar-refractivity contribution >= 4 is 21.8 Å². The first-order valence-corrected chi connectivity index (χ1v) is 12.4. The molecule has 5 rings (SSSR count). The van der Waals surface area contributed by atoms with Gasteiger partial charge in [0.25, 0.3) is 10.0 Å². The number of carbonyl (C=O) groups excluding carboxylic acids is 1. The summed E-state index contributed by atoms with van der Waals surface area (Å²) in [6.07, 6.45) is 8.19. The standard InChI is InChI=1S/C22H29N3O3S/c26-22(23-10-7-18-14-15-5-6-17(18)13-15)16-8-11-25(12-9-16)21-19-3-1-2-4-20(19)29(27,28)24-21/h1-4,15-18H,5-14H2,(H,23,26). The molecule has 4 aliphatic rings. The number of hydrogen-bond donors (Lipinski definition) is 1. The molecule has 1 aromatic rings. The lowest BCUT2D eigenvalue weighted by molar-refractivity contribution is -0.126. The molecule has 3 fully saturated rings. The summed E-state index contributed by atoms with van der Waals surface area (Å²) < 4.78 is 28.6. The first-order chi connectivity index (χ1) is 14.0. The fraction of sp³-hybridized carbons (Fsp3) is 0.636. The van der Waals surface area contributed by atoms with Gasteiger partial charge in [-0.1, -0.05) is 18.6 Å². The van der Waals surface area contributed by atoms with E-state index in [-0.39, 0.29) is 16.7 Å². The van der Waals surface area contributed by atoms with Crippen molar-refractivity contribution < 1.29 is 13.2 Å². The van der Waals surface area contributed by atoms with E-state index < -0.39 is 10.0 Å². The Morgan fingerprint density at radius 1 is 1.10 bits per heavy atom. The first-order valence-electron chi connectivity index (χ1n) is 11.0. The Morgan fingerprint density at radius 2 is 1.90 bits per heavy atom. The fourth-order valence-electron chi connectivity index (χ4n) is 5.93. The van der Waals surface area contributed by atoms with Crippen molar-refractivity contribution in [2.75, 3.05) is 19.6 Å². The van der Waals surface area contributed by atoms with Crippen LogP contribution in [0.5, 0.6) is 0 Å². The molecule has 2 aliphatic carbocycles. The van der Waals surface area contributed by atoms with E-state index in [1.807, 2.05) is 17.0 Å². The third-order valence-electron chi connectivity index (χ3n) is 7.48. The average Bonchev–Trinajstić information content (AvgIpc) is 3.42. The molecular weight excluding hydrogens is 386 g/mol. The Kier molecular flexibility index (Phi) is 4.88. The maximum atomic E-state index is 12.6. The number of amidine groups is 1. The van der Waals surface area contributed by atoms with Crippen molar-refractivity contribution in [2.24, 2.45) is 28.1 Å². The van der Waals surface area contributed by atoms with E-state index in [4.69, 9.17) is 0 Å². The minimum Gasteiger partial charge on any atom is -0.356 e. The van der Waals surface area contributed by atoms with Gasteiger partial charge >= 0.3 is 0 Å². The predicted octanol–water partition coefficient (Wildman–Crippen LogP) is 2.79. The van der Waals surface area contributed by atoms with E-state index in [0.717, 1.165) is 43.6 Å². The number of rotatable bonds is 4. The second-order valence-electron chi connectivity index (χ2n) is 9.16. The summed E-state index contributed by atoms with van der Waals surface area (Å²) in [7, 11) is -3.59. The number of amides is 1. The summed E-state index contributed by atoms with van der Waals surface area (Å²) in [6.45, 7) is 2.12. The smallest absolute Gasteiger partial charge is 0.285 e. The average molecular weight is 416 g/mol. The lowest BCUT2D eigenvalue weighted by Crippen LogP contribution is -2.43. The highest BCUT2D eigenvalue weighted by Crippen LogP contribution is 2.49. The van der Waals surface area contributed by atoms with E-state index in [0.29, 0.717) is 24.5 Å². The van der Waals surface area contributed by atoms with Crippen LogP contribution in [-0.4, -0.2) is 44.7 Å². The Morgan fingerprint density at radius 3 is 2.62 bits per heavy atom. The molecule has 3 unspecified atom stereocenters. The van der Waals surface area contributed by atoms with Gasteiger partial charge in [-0.2, -0.15) is 8.42 Å². The molecule has 2 saturated carbocycles. The number of piperidine rings is 1. The molecule has 2 bridgehead atoms. The van der Waals surface area contributed by atoms with Crippen LogP contribution >= 0.6 is 0 Å². The predicted molar refractivity (Wildman–Crippen MR) is 111 cm³/mol. The molecule has 156 valence electrons. The molecule has 2 aliphatic heterocycles. The topological polar surface area (TPSA) is 78.8 Å². The van der Waals surface area contributed by atoms with Gasteiger partial charge in [-0.05, 0) is 68.4 Å². The molecule has 0 aromatic heterocycles. The van der Waals surface area contributed by atoms with Crippen LogP contribution in [-0.2, 0) is 14.8 Å². The number of carbonyl (C=O) groups is 1. The van der Waals surface area contributed by atoms with Gasteiger partial charge in [-0.25, -0.2) is 0 Å². The maximum absolute atomic E-state index is 12.6. The fourth-order valence-corrected chi connectivity index (χ4v) is 7.15. The molecule has 3 atom stereocenters. The van der Waals surface area contributed by atoms with Gasteiger partial charge in [0.2, 0.25) is 5.91 Å². The van der Waals surface area contributed by atoms with E-state index in [2.05, 4.69) is 9.71 Å². The summed E-state index contributed by atoms with van der Waals surface area (Å²) in [6, 6.07) is 6.98. The van der Waals surface area contributed by atoms with Gasteiger partial charge < -0.3 is 10.2 Å². The molecule has 7 heteroatoms. The maximum Gasteiger partial charge on any atom is 0.285 e. The molecule has 1 aromatic carbocycles. The summed E-state index contributed by atoms with van der Waals surface area (Å²) in [4.78, 5) is 14.9. The monoisotopic (exact) mass is 415 g/mol. The SMILES string of the molecule is O=C(NCCC1CC2CCC1C2)C1CCN(C2=NS(=O)(=O)c3ccccc32)CC1. The number of nitrogens with zero attached hydrogens (tertiary/aromatic N) is 2. The van der Waals surface area contributed by atoms with Crippen LogP contribution in [0.3, 0.4) is 0 Å². The zero-order chi connectivity index (χ0) is 20.0. The molecular formula is C22H29N3O3S. The van der Waals surface area contributed by atoms with E-state index >= 15 is 0 Å². The third kappa shape index (κ3) is 3.58. The molecule has 0 radical (unpaired) electrons. The summed E-state index contributed by atoms with van der Waals surface area (Å²) in [5.41, 5.74) is 0.682. The van der Waals surface area contributed by atoms with Crippen LogP contribution in [0, 0.1) is 23.7 Å². The lowest BCUT2D eigenvalue weighted by atomic mass is 9.86. The van der Waals surface area contributed by atoms with Crippen molar-refractivity contribution in [1.29, 1.82) is 0 Å². The zero-order valence-electron chi connectivity index (χ0n) is 16.7. The highest BCUT2D eigenvalue weighted by molar-refractivity contribution is 7.90. The minimum atomic E-state index is -3.59. The molecule has 1 amide bonds. The van der Waals surface area contributed by atoms with Gasteiger partial charge in [0.15, 0.2) is 5.84 Å². The van der Waals surface area contributed by atoms with Crippen molar-refractivity contribution in [1.82, 2.24) is 10.2 Å². The van der Waals surface area contributed by atoms with Crippen molar-refractivity contribution in [3.05, 3.63) is 29.8 Å². The molecule has 0 spiro atoms. The van der Waals surface area contributed by atoms with E-state index in [9.17, 15) is 13.2 Å². The van der Waals surface area contributed by atoms with Crippen LogP contribution in [0.1, 0.15) is 50.5 Å². The Labute approximate surface area is 172 Å². The lowest BCUT2D eigenvalue weighted by Gasteiger charge is -2.32. The first kappa shape index (κ1) is 19.1. The zero-order valence-corrected chi connectivity index (χ0v) is 17.5. The Hall–Kier alpha value is -1.89. The molecule has 29 heavy (non-hydrogen) atoms. The van der Waals surface area contributed by atoms with E-state index in [1.54, 1.807) is 12.1 Å². The number of sulfonamides is 1. The molecule has 1 saturated heterocycles. The van der Waals surface area contributed by atoms with Crippen molar-refractivity contribution in [2.45, 2.75) is 49.8 Å². The van der Waals surface area contributed by atoms with Gasteiger partial charge in [-0.3, -0.25) is 4.79 Å². The van der Waals surface area contributed by atoms with Gasteiger partial charge in [-0.15, -0.1) is 4.40 Å². The van der Waals surface area contributed by atoms with Gasteiger partial charge in [0.1, 0.15) is 4.90 Å². The Bertz CT molecular complexity index is 934. The minimum absolute atomic E-state index is 0.0140. The normalized spacial score (nSPS) is 30.3. The number of fused-ring (bicyclic) bond motifs is 3. The number of likely N-dealkylation sites (tertiary alicyclic amines) is 1. The van der Waals surface area contributed by atoms with Crippen LogP contribution in [0.2, 0.25) is 0 Å². The highest BCUT2D eigenvalue weighted by atomic mass is 32.2. The number of hydrogen-bond acceptors (Lipinski definition) is 4. The van der Waals surface area contributed by atoms with Crippen LogP contribution in [0.25, 0.3) is 0 Å². The van der Waals surface area contributed by atoms with Crippen molar-refractivity contribution in [3.8, 4) is 0 Å². The quantitative estimate of drug-likeness (QED) is 0.820. The van der Waals surface area contributed by atoms with Crippen molar-refractivity contribution in [3.63, 3.8) is 0 Å². The summed E-state index contributed by atoms with van der Waals surface area (Å²) in [5, 5.41) is 3.17. The summed E-state index contributed by atoms with van der Waals surface area (Å²) in [5.74, 6) is 3.40. The summed E-state index contributed by atoms with van der Waals surface area (Å²) >= 11 is 0. The highest BCUT2D eigenvalue weighted by Gasteiger charge is 2.39. The second kappa shape index (κ2) is 7.42. The third-order valence-corrected chi connectivity index (χ3v) is 8.80. The van der Waals surface area contributed by atoms with Crippen LogP contribution < -0.4 is 5.32 Å². The molecule has 1 N–H and O–H groups in total. The Balaban J connectivity index is 1.13. The number of benzene rings is 1. The largest absolute Gasteiger partial charge is 0.356 e. The van der Waals surface area contributed by atoms with Gasteiger partial charge in [0.05, 0.1) is 0 Å². The number of nitrogens with one attached hydrogen (secondary N) is 1. The van der Waals surface area contributed by atoms with Crippen LogP contribution in [0.4, 0.5) is 0 Å². The van der Waals surface area contributed by atoms with Crippen LogP contribution in [0.15, 0.2) is 33.6 Å². The molecule has 6 nitrogen and oxygen atoms in total. The van der Waals surface area contributed by atoms with E-state index in [1.165, 1.54) is 25.7 Å². The second-order valence-corrected chi connectivity index (χ2v) is 10.7.